The summed E-state index contributed by atoms with van der Waals surface area (Å²) in [5, 5.41) is 10.7. The fraction of sp³-hybridized carbons (Fsp3) is 0.571. The third-order valence-corrected chi connectivity index (χ3v) is 4.01. The first kappa shape index (κ1) is 12.8. The molecule has 0 amide bonds. The summed E-state index contributed by atoms with van der Waals surface area (Å²) in [6.07, 6.45) is 6.49. The standard InChI is InChI=1S/C14H18ClFO/c15-13-11(6-5-7-12(13)16)10-14(17)8-3-1-2-4-9-14/h5-7,17H,1-4,8-10H2. The third kappa shape index (κ3) is 3.20. The van der Waals surface area contributed by atoms with E-state index in [2.05, 4.69) is 0 Å². The summed E-state index contributed by atoms with van der Waals surface area (Å²) in [4.78, 5) is 0. The van der Waals surface area contributed by atoms with E-state index in [9.17, 15) is 9.50 Å². The Labute approximate surface area is 107 Å². The molecule has 0 aromatic heterocycles. The van der Waals surface area contributed by atoms with Crippen LogP contribution in [0.15, 0.2) is 18.2 Å². The molecule has 0 saturated heterocycles. The normalized spacial score (nSPS) is 19.9. The summed E-state index contributed by atoms with van der Waals surface area (Å²) in [5.41, 5.74) is 0.0181. The highest BCUT2D eigenvalue weighted by molar-refractivity contribution is 6.31. The van der Waals surface area contributed by atoms with Gasteiger partial charge >= 0.3 is 0 Å². The second-order valence-electron chi connectivity index (χ2n) is 5.03. The summed E-state index contributed by atoms with van der Waals surface area (Å²) in [5.74, 6) is -0.401. The van der Waals surface area contributed by atoms with E-state index in [1.807, 2.05) is 0 Å². The van der Waals surface area contributed by atoms with Crippen LogP contribution in [0.2, 0.25) is 5.02 Å². The first-order chi connectivity index (χ1) is 8.11. The van der Waals surface area contributed by atoms with Gasteiger partial charge in [-0.2, -0.15) is 0 Å². The van der Waals surface area contributed by atoms with Crippen molar-refractivity contribution >= 4 is 11.6 Å². The highest BCUT2D eigenvalue weighted by atomic mass is 35.5. The maximum Gasteiger partial charge on any atom is 0.142 e. The molecule has 0 spiro atoms. The Morgan fingerprint density at radius 2 is 1.82 bits per heavy atom. The van der Waals surface area contributed by atoms with Gasteiger partial charge in [0.1, 0.15) is 5.82 Å². The maximum absolute atomic E-state index is 13.3. The molecule has 0 heterocycles. The quantitative estimate of drug-likeness (QED) is 0.790. The topological polar surface area (TPSA) is 20.2 Å². The van der Waals surface area contributed by atoms with Gasteiger partial charge < -0.3 is 5.11 Å². The van der Waals surface area contributed by atoms with E-state index in [1.165, 1.54) is 18.9 Å². The summed E-state index contributed by atoms with van der Waals surface area (Å²) in [6.45, 7) is 0. The summed E-state index contributed by atoms with van der Waals surface area (Å²) < 4.78 is 13.3. The van der Waals surface area contributed by atoms with Gasteiger partial charge in [-0.15, -0.1) is 0 Å². The number of halogens is 2. The summed E-state index contributed by atoms with van der Waals surface area (Å²) in [7, 11) is 0. The van der Waals surface area contributed by atoms with Gasteiger partial charge in [0.2, 0.25) is 0 Å². The lowest BCUT2D eigenvalue weighted by molar-refractivity contribution is 0.0252. The Bertz CT molecular complexity index is 384. The molecule has 1 saturated carbocycles. The van der Waals surface area contributed by atoms with Gasteiger partial charge in [0, 0.05) is 6.42 Å². The molecule has 1 N–H and O–H groups in total. The lowest BCUT2D eigenvalue weighted by Gasteiger charge is -2.27. The Hall–Kier alpha value is -0.600. The van der Waals surface area contributed by atoms with E-state index in [0.29, 0.717) is 6.42 Å². The molecule has 0 bridgehead atoms. The third-order valence-electron chi connectivity index (χ3n) is 3.59. The lowest BCUT2D eigenvalue weighted by Crippen LogP contribution is -2.30. The van der Waals surface area contributed by atoms with Crippen molar-refractivity contribution in [1.82, 2.24) is 0 Å². The summed E-state index contributed by atoms with van der Waals surface area (Å²) in [6, 6.07) is 4.80. The number of rotatable bonds is 2. The zero-order valence-electron chi connectivity index (χ0n) is 9.88. The number of aliphatic hydroxyl groups is 1. The average molecular weight is 257 g/mol. The molecule has 0 radical (unpaired) electrons. The molecule has 1 aromatic carbocycles. The molecule has 1 aliphatic rings. The molecule has 2 rings (SSSR count). The van der Waals surface area contributed by atoms with E-state index in [-0.39, 0.29) is 5.02 Å². The van der Waals surface area contributed by atoms with E-state index in [1.54, 1.807) is 12.1 Å². The van der Waals surface area contributed by atoms with Gasteiger partial charge in [0.15, 0.2) is 0 Å². The van der Waals surface area contributed by atoms with Crippen LogP contribution in [-0.2, 0) is 6.42 Å². The van der Waals surface area contributed by atoms with E-state index in [4.69, 9.17) is 11.6 Å². The highest BCUT2D eigenvalue weighted by Gasteiger charge is 2.29. The zero-order chi connectivity index (χ0) is 12.3. The largest absolute Gasteiger partial charge is 0.390 e. The highest BCUT2D eigenvalue weighted by Crippen LogP contribution is 2.32. The van der Waals surface area contributed by atoms with Gasteiger partial charge in [-0.3, -0.25) is 0 Å². The van der Waals surface area contributed by atoms with Gasteiger partial charge in [0.05, 0.1) is 10.6 Å². The van der Waals surface area contributed by atoms with Crippen LogP contribution in [-0.4, -0.2) is 10.7 Å². The Kier molecular flexibility index (Phi) is 4.05. The molecule has 1 fully saturated rings. The second-order valence-corrected chi connectivity index (χ2v) is 5.41. The number of benzene rings is 1. The SMILES string of the molecule is OC1(Cc2cccc(F)c2Cl)CCCCCC1. The van der Waals surface area contributed by atoms with Crippen LogP contribution in [0.25, 0.3) is 0 Å². The van der Waals surface area contributed by atoms with E-state index >= 15 is 0 Å². The van der Waals surface area contributed by atoms with Gasteiger partial charge in [-0.1, -0.05) is 49.4 Å². The van der Waals surface area contributed by atoms with E-state index in [0.717, 1.165) is 31.2 Å². The minimum Gasteiger partial charge on any atom is -0.390 e. The first-order valence-electron chi connectivity index (χ1n) is 6.26. The van der Waals surface area contributed by atoms with Crippen LogP contribution >= 0.6 is 11.6 Å². The van der Waals surface area contributed by atoms with Crippen molar-refractivity contribution in [2.75, 3.05) is 0 Å². The van der Waals surface area contributed by atoms with Crippen LogP contribution in [0.3, 0.4) is 0 Å². The van der Waals surface area contributed by atoms with Crippen molar-refractivity contribution in [3.8, 4) is 0 Å². The van der Waals surface area contributed by atoms with Crippen molar-refractivity contribution < 1.29 is 9.50 Å². The van der Waals surface area contributed by atoms with Crippen LogP contribution in [0.4, 0.5) is 4.39 Å². The molecule has 1 nitrogen and oxygen atoms in total. The first-order valence-corrected chi connectivity index (χ1v) is 6.64. The zero-order valence-corrected chi connectivity index (χ0v) is 10.6. The molecule has 3 heteroatoms. The predicted octanol–water partition coefficient (Wildman–Crippen LogP) is 4.11. The fourth-order valence-electron chi connectivity index (χ4n) is 2.60. The number of hydrogen-bond donors (Lipinski definition) is 1. The monoisotopic (exact) mass is 256 g/mol. The van der Waals surface area contributed by atoms with E-state index < -0.39 is 11.4 Å². The predicted molar refractivity (Wildman–Crippen MR) is 67.8 cm³/mol. The lowest BCUT2D eigenvalue weighted by atomic mass is 9.87. The Morgan fingerprint density at radius 1 is 1.18 bits per heavy atom. The minimum atomic E-state index is -0.700. The van der Waals surface area contributed by atoms with Crippen LogP contribution in [0.5, 0.6) is 0 Å². The molecular formula is C14H18ClFO. The second kappa shape index (κ2) is 5.36. The average Bonchev–Trinajstić information content (AvgIpc) is 2.50. The Morgan fingerprint density at radius 3 is 2.47 bits per heavy atom. The molecule has 1 aliphatic carbocycles. The van der Waals surface area contributed by atoms with Crippen molar-refractivity contribution in [2.45, 2.75) is 50.5 Å². The van der Waals surface area contributed by atoms with Gasteiger partial charge in [-0.25, -0.2) is 4.39 Å². The molecular weight excluding hydrogens is 239 g/mol. The maximum atomic E-state index is 13.3. The molecule has 0 aliphatic heterocycles. The molecule has 1 aromatic rings. The smallest absolute Gasteiger partial charge is 0.142 e. The van der Waals surface area contributed by atoms with Crippen molar-refractivity contribution in [3.63, 3.8) is 0 Å². The minimum absolute atomic E-state index is 0.158. The van der Waals surface area contributed by atoms with Crippen molar-refractivity contribution in [2.24, 2.45) is 0 Å². The Balaban J connectivity index is 2.15. The molecule has 94 valence electrons. The van der Waals surface area contributed by atoms with Gasteiger partial charge in [0.25, 0.3) is 0 Å². The fourth-order valence-corrected chi connectivity index (χ4v) is 2.80. The van der Waals surface area contributed by atoms with Crippen molar-refractivity contribution in [3.05, 3.63) is 34.6 Å². The van der Waals surface area contributed by atoms with Crippen LogP contribution in [0, 0.1) is 5.82 Å². The summed E-state index contributed by atoms with van der Waals surface area (Å²) >= 11 is 5.93. The van der Waals surface area contributed by atoms with Crippen LogP contribution < -0.4 is 0 Å². The van der Waals surface area contributed by atoms with Crippen LogP contribution in [0.1, 0.15) is 44.1 Å². The van der Waals surface area contributed by atoms with Crippen molar-refractivity contribution in [1.29, 1.82) is 0 Å². The number of hydrogen-bond acceptors (Lipinski definition) is 1. The molecule has 17 heavy (non-hydrogen) atoms. The molecule has 0 unspecified atom stereocenters. The van der Waals surface area contributed by atoms with Gasteiger partial charge in [-0.05, 0) is 24.5 Å². The molecule has 0 atom stereocenters.